The van der Waals surface area contributed by atoms with Gasteiger partial charge in [0.1, 0.15) is 5.75 Å². The Morgan fingerprint density at radius 1 is 1.20 bits per heavy atom. The van der Waals surface area contributed by atoms with Gasteiger partial charge >= 0.3 is 5.97 Å². The topological polar surface area (TPSA) is 46.5 Å². The molecule has 20 heavy (non-hydrogen) atoms. The highest BCUT2D eigenvalue weighted by atomic mass is 16.5. The summed E-state index contributed by atoms with van der Waals surface area (Å²) in [6.45, 7) is 4.95. The Morgan fingerprint density at radius 2 is 1.90 bits per heavy atom. The third kappa shape index (κ3) is 5.91. The number of allylic oxidation sites excluding steroid dienone is 1. The lowest BCUT2D eigenvalue weighted by atomic mass is 10.0. The highest BCUT2D eigenvalue weighted by Crippen LogP contribution is 2.22. The lowest BCUT2D eigenvalue weighted by Gasteiger charge is -2.08. The summed E-state index contributed by atoms with van der Waals surface area (Å²) in [6.07, 6.45) is 6.13. The number of hydrogen-bond acceptors (Lipinski definition) is 2. The molecule has 0 aromatic heterocycles. The molecule has 0 unspecified atom stereocenters. The molecule has 0 aliphatic rings. The molecule has 0 radical (unpaired) electrons. The van der Waals surface area contributed by atoms with Crippen molar-refractivity contribution in [2.75, 3.05) is 6.61 Å². The Bertz CT molecular complexity index is 432. The minimum Gasteiger partial charge on any atom is -0.494 e. The summed E-state index contributed by atoms with van der Waals surface area (Å²) in [4.78, 5) is 10.6. The van der Waals surface area contributed by atoms with Crippen LogP contribution >= 0.6 is 0 Å². The van der Waals surface area contributed by atoms with E-state index in [1.165, 1.54) is 12.8 Å². The van der Waals surface area contributed by atoms with Crippen LogP contribution in [-0.2, 0) is 4.79 Å². The van der Waals surface area contributed by atoms with E-state index in [-0.39, 0.29) is 6.42 Å². The Hall–Kier alpha value is -1.77. The molecule has 0 saturated carbocycles. The maximum Gasteiger partial charge on any atom is 0.307 e. The molecule has 1 rings (SSSR count). The predicted molar refractivity (Wildman–Crippen MR) is 82.0 cm³/mol. The highest BCUT2D eigenvalue weighted by molar-refractivity contribution is 5.74. The van der Waals surface area contributed by atoms with Crippen LogP contribution in [0.5, 0.6) is 5.75 Å². The quantitative estimate of drug-likeness (QED) is 0.674. The van der Waals surface area contributed by atoms with Crippen molar-refractivity contribution in [1.29, 1.82) is 0 Å². The van der Waals surface area contributed by atoms with Crippen molar-refractivity contribution in [2.24, 2.45) is 0 Å². The lowest BCUT2D eigenvalue weighted by molar-refractivity contribution is -0.135. The van der Waals surface area contributed by atoms with Crippen molar-refractivity contribution in [3.05, 3.63) is 35.9 Å². The van der Waals surface area contributed by atoms with Gasteiger partial charge in [-0.15, -0.1) is 0 Å². The van der Waals surface area contributed by atoms with Crippen LogP contribution in [0.2, 0.25) is 0 Å². The van der Waals surface area contributed by atoms with Gasteiger partial charge < -0.3 is 9.84 Å². The number of carboxylic acid groups (broad SMARTS) is 1. The van der Waals surface area contributed by atoms with Crippen LogP contribution in [0, 0.1) is 0 Å². The first kappa shape index (κ1) is 16.3. The van der Waals surface area contributed by atoms with Gasteiger partial charge in [0.15, 0.2) is 0 Å². The van der Waals surface area contributed by atoms with Gasteiger partial charge in [0.25, 0.3) is 0 Å². The third-order valence-corrected chi connectivity index (χ3v) is 3.15. The van der Waals surface area contributed by atoms with Crippen LogP contribution in [-0.4, -0.2) is 17.7 Å². The van der Waals surface area contributed by atoms with Crippen LogP contribution < -0.4 is 4.74 Å². The second-order valence-corrected chi connectivity index (χ2v) is 4.76. The van der Waals surface area contributed by atoms with Gasteiger partial charge in [0.05, 0.1) is 13.0 Å². The molecule has 0 spiro atoms. The highest BCUT2D eigenvalue weighted by Gasteiger charge is 2.02. The fourth-order valence-corrected chi connectivity index (χ4v) is 1.98. The largest absolute Gasteiger partial charge is 0.494 e. The van der Waals surface area contributed by atoms with E-state index in [0.717, 1.165) is 36.3 Å². The molecular weight excluding hydrogens is 252 g/mol. The van der Waals surface area contributed by atoms with Gasteiger partial charge in [-0.1, -0.05) is 44.9 Å². The molecule has 110 valence electrons. The third-order valence-electron chi connectivity index (χ3n) is 3.15. The number of carboxylic acids is 1. The summed E-state index contributed by atoms with van der Waals surface area (Å²) in [7, 11) is 0. The second-order valence-electron chi connectivity index (χ2n) is 4.76. The first-order valence-corrected chi connectivity index (χ1v) is 7.31. The zero-order valence-electron chi connectivity index (χ0n) is 12.4. The Balaban J connectivity index is 2.59. The summed E-state index contributed by atoms with van der Waals surface area (Å²) in [5.74, 6) is 0.0744. The van der Waals surface area contributed by atoms with Crippen LogP contribution in [0.4, 0.5) is 0 Å². The average molecular weight is 276 g/mol. The molecule has 1 aromatic carbocycles. The normalized spacial score (nSPS) is 11.4. The van der Waals surface area contributed by atoms with E-state index >= 15 is 0 Å². The van der Waals surface area contributed by atoms with Gasteiger partial charge in [-0.05, 0) is 36.1 Å². The molecule has 0 atom stereocenters. The van der Waals surface area contributed by atoms with E-state index in [1.807, 2.05) is 31.2 Å². The zero-order valence-corrected chi connectivity index (χ0v) is 12.4. The van der Waals surface area contributed by atoms with E-state index < -0.39 is 5.97 Å². The summed E-state index contributed by atoms with van der Waals surface area (Å²) in [5, 5.41) is 8.73. The van der Waals surface area contributed by atoms with Gasteiger partial charge in [-0.3, -0.25) is 4.79 Å². The van der Waals surface area contributed by atoms with Gasteiger partial charge in [0.2, 0.25) is 0 Å². The molecule has 0 amide bonds. The zero-order chi connectivity index (χ0) is 14.8. The van der Waals surface area contributed by atoms with Crippen LogP contribution in [0.25, 0.3) is 5.57 Å². The van der Waals surface area contributed by atoms with Crippen LogP contribution in [0.1, 0.15) is 51.5 Å². The number of aliphatic carboxylic acids is 1. The van der Waals surface area contributed by atoms with Crippen molar-refractivity contribution in [3.8, 4) is 5.75 Å². The molecule has 1 N–H and O–H groups in total. The minimum absolute atomic E-state index is 0.0679. The molecule has 0 fully saturated rings. The van der Waals surface area contributed by atoms with Gasteiger partial charge in [-0.2, -0.15) is 0 Å². The lowest BCUT2D eigenvalue weighted by Crippen LogP contribution is -1.97. The number of hydrogen-bond donors (Lipinski definition) is 1. The van der Waals surface area contributed by atoms with E-state index in [1.54, 1.807) is 6.08 Å². The molecule has 1 aromatic rings. The summed E-state index contributed by atoms with van der Waals surface area (Å²) >= 11 is 0. The molecule has 0 bridgehead atoms. The summed E-state index contributed by atoms with van der Waals surface area (Å²) < 4.78 is 5.66. The average Bonchev–Trinajstić information content (AvgIpc) is 2.45. The standard InChI is InChI=1S/C17H24O3/c1-3-5-6-13-20-16-10-7-15(8-11-16)14(4-2)9-12-17(18)19/h7-11H,3-6,12-13H2,1-2H3,(H,18,19)/b14-9+. The molecular formula is C17H24O3. The fraction of sp³-hybridized carbons (Fsp3) is 0.471. The maximum atomic E-state index is 10.6. The Labute approximate surface area is 121 Å². The van der Waals surface area contributed by atoms with Crippen LogP contribution in [0.3, 0.4) is 0 Å². The van der Waals surface area contributed by atoms with E-state index in [4.69, 9.17) is 9.84 Å². The Kier molecular flexibility index (Phi) is 7.48. The van der Waals surface area contributed by atoms with E-state index in [9.17, 15) is 4.79 Å². The molecule has 0 heterocycles. The minimum atomic E-state index is -0.799. The first-order chi connectivity index (χ1) is 9.67. The van der Waals surface area contributed by atoms with E-state index in [2.05, 4.69) is 6.92 Å². The molecule has 3 nitrogen and oxygen atoms in total. The molecule has 0 saturated heterocycles. The predicted octanol–water partition coefficient (Wildman–Crippen LogP) is 4.52. The number of carbonyl (C=O) groups is 1. The van der Waals surface area contributed by atoms with Gasteiger partial charge in [0, 0.05) is 0 Å². The van der Waals surface area contributed by atoms with Gasteiger partial charge in [-0.25, -0.2) is 0 Å². The molecule has 0 aliphatic carbocycles. The smallest absolute Gasteiger partial charge is 0.307 e. The second kappa shape index (κ2) is 9.18. The molecule has 3 heteroatoms. The van der Waals surface area contributed by atoms with Crippen molar-refractivity contribution in [1.82, 2.24) is 0 Å². The summed E-state index contributed by atoms with van der Waals surface area (Å²) in [5.41, 5.74) is 2.12. The Morgan fingerprint density at radius 3 is 2.45 bits per heavy atom. The van der Waals surface area contributed by atoms with Crippen molar-refractivity contribution < 1.29 is 14.6 Å². The van der Waals surface area contributed by atoms with Crippen molar-refractivity contribution in [3.63, 3.8) is 0 Å². The number of ether oxygens (including phenoxy) is 1. The number of unbranched alkanes of at least 4 members (excludes halogenated alkanes) is 2. The fourth-order valence-electron chi connectivity index (χ4n) is 1.98. The summed E-state index contributed by atoms with van der Waals surface area (Å²) in [6, 6.07) is 7.88. The van der Waals surface area contributed by atoms with Crippen molar-refractivity contribution >= 4 is 11.5 Å². The SMILES string of the molecule is CCCCCOc1ccc(/C(=C/CC(=O)O)CC)cc1. The van der Waals surface area contributed by atoms with Crippen molar-refractivity contribution in [2.45, 2.75) is 46.0 Å². The maximum absolute atomic E-state index is 10.6. The monoisotopic (exact) mass is 276 g/mol. The number of rotatable bonds is 9. The van der Waals surface area contributed by atoms with E-state index in [0.29, 0.717) is 0 Å². The molecule has 0 aliphatic heterocycles. The van der Waals surface area contributed by atoms with Crippen LogP contribution in [0.15, 0.2) is 30.3 Å². The number of benzene rings is 1. The first-order valence-electron chi connectivity index (χ1n) is 7.31.